The third-order valence-electron chi connectivity index (χ3n) is 5.35. The highest BCUT2D eigenvalue weighted by molar-refractivity contribution is 9.10. The maximum atomic E-state index is 11.8. The van der Waals surface area contributed by atoms with Gasteiger partial charge in [0, 0.05) is 27.4 Å². The van der Waals surface area contributed by atoms with E-state index >= 15 is 0 Å². The van der Waals surface area contributed by atoms with E-state index in [1.165, 1.54) is 5.56 Å². The molecule has 4 heteroatoms. The van der Waals surface area contributed by atoms with E-state index in [2.05, 4.69) is 22.9 Å². The molecule has 26 heavy (non-hydrogen) atoms. The van der Waals surface area contributed by atoms with Crippen LogP contribution in [0, 0.1) is 11.8 Å². The van der Waals surface area contributed by atoms with Crippen molar-refractivity contribution in [1.29, 1.82) is 0 Å². The van der Waals surface area contributed by atoms with Crippen LogP contribution in [-0.2, 0) is 12.8 Å². The van der Waals surface area contributed by atoms with Gasteiger partial charge in [-0.2, -0.15) is 0 Å². The number of fused-ring (bicyclic) bond motifs is 2. The Morgan fingerprint density at radius 3 is 1.88 bits per heavy atom. The van der Waals surface area contributed by atoms with Crippen LogP contribution in [0.15, 0.2) is 40.9 Å². The van der Waals surface area contributed by atoms with Crippen molar-refractivity contribution in [2.45, 2.75) is 39.5 Å². The second-order valence-electron chi connectivity index (χ2n) is 6.90. The lowest BCUT2D eigenvalue weighted by atomic mass is 10.0. The number of ketones is 2. The quantitative estimate of drug-likeness (QED) is 0.555. The maximum Gasteiger partial charge on any atom is 0.168 e. The largest absolute Gasteiger partial charge is 0.294 e. The Morgan fingerprint density at radius 1 is 0.885 bits per heavy atom. The summed E-state index contributed by atoms with van der Waals surface area (Å²) >= 11 is 9.39. The van der Waals surface area contributed by atoms with Crippen molar-refractivity contribution in [2.75, 3.05) is 0 Å². The summed E-state index contributed by atoms with van der Waals surface area (Å²) in [5.74, 6) is 0.914. The molecule has 0 radical (unpaired) electrons. The molecule has 0 spiro atoms. The Hall–Kier alpha value is -1.45. The first kappa shape index (κ1) is 19.3. The van der Waals surface area contributed by atoms with E-state index in [1.807, 2.05) is 37.3 Å². The zero-order valence-electron chi connectivity index (χ0n) is 15.0. The molecule has 136 valence electrons. The summed E-state index contributed by atoms with van der Waals surface area (Å²) in [6.07, 6.45) is 3.64. The molecule has 2 aliphatic rings. The van der Waals surface area contributed by atoms with Gasteiger partial charge in [-0.05, 0) is 48.9 Å². The van der Waals surface area contributed by atoms with Crippen LogP contribution in [-0.4, -0.2) is 11.6 Å². The van der Waals surface area contributed by atoms with Crippen LogP contribution < -0.4 is 0 Å². The van der Waals surface area contributed by atoms with E-state index in [4.69, 9.17) is 11.6 Å². The molecule has 0 bridgehead atoms. The number of benzene rings is 2. The van der Waals surface area contributed by atoms with E-state index in [0.717, 1.165) is 46.8 Å². The first-order valence-electron chi connectivity index (χ1n) is 9.11. The molecule has 0 saturated heterocycles. The maximum absolute atomic E-state index is 11.8. The Bertz CT molecular complexity index is 788. The first-order chi connectivity index (χ1) is 12.5. The summed E-state index contributed by atoms with van der Waals surface area (Å²) in [4.78, 5) is 23.6. The van der Waals surface area contributed by atoms with Crippen LogP contribution in [0.2, 0.25) is 5.02 Å². The van der Waals surface area contributed by atoms with Gasteiger partial charge in [-0.3, -0.25) is 9.59 Å². The molecular formula is C22H22BrClO2. The van der Waals surface area contributed by atoms with Crippen molar-refractivity contribution in [2.24, 2.45) is 11.8 Å². The van der Waals surface area contributed by atoms with Crippen molar-refractivity contribution < 1.29 is 9.59 Å². The van der Waals surface area contributed by atoms with Crippen LogP contribution >= 0.6 is 27.5 Å². The van der Waals surface area contributed by atoms with Gasteiger partial charge in [0.25, 0.3) is 0 Å². The Morgan fingerprint density at radius 2 is 1.38 bits per heavy atom. The topological polar surface area (TPSA) is 34.1 Å². The predicted molar refractivity (Wildman–Crippen MR) is 109 cm³/mol. The molecule has 2 atom stereocenters. The van der Waals surface area contributed by atoms with Crippen molar-refractivity contribution in [3.8, 4) is 0 Å². The normalized spacial score (nSPS) is 20.5. The minimum atomic E-state index is 0.162. The number of Topliss-reactive ketones (excluding diaryl/α,β-unsaturated/α-hetero) is 2. The molecule has 2 aromatic carbocycles. The fraction of sp³-hybridized carbons (Fsp3) is 0.364. The van der Waals surface area contributed by atoms with Gasteiger partial charge in [0.1, 0.15) is 0 Å². The second-order valence-corrected chi connectivity index (χ2v) is 8.16. The van der Waals surface area contributed by atoms with E-state index < -0.39 is 0 Å². The molecule has 0 heterocycles. The Labute approximate surface area is 168 Å². The lowest BCUT2D eigenvalue weighted by molar-refractivity contribution is 0.0926. The number of carbonyl (C=O) groups is 2. The van der Waals surface area contributed by atoms with Gasteiger partial charge in [-0.25, -0.2) is 0 Å². The van der Waals surface area contributed by atoms with Crippen molar-refractivity contribution in [1.82, 2.24) is 0 Å². The van der Waals surface area contributed by atoms with Gasteiger partial charge in [-0.1, -0.05) is 65.6 Å². The van der Waals surface area contributed by atoms with Crippen molar-refractivity contribution >= 4 is 39.1 Å². The molecule has 0 fully saturated rings. The number of rotatable bonds is 2. The summed E-state index contributed by atoms with van der Waals surface area (Å²) in [7, 11) is 0. The average molecular weight is 434 g/mol. The minimum absolute atomic E-state index is 0.162. The smallest absolute Gasteiger partial charge is 0.168 e. The van der Waals surface area contributed by atoms with Gasteiger partial charge in [-0.15, -0.1) is 0 Å². The minimum Gasteiger partial charge on any atom is -0.294 e. The SMILES string of the molecule is CCC1Cc2cccc(Br)c2C1=O.CCC1Cc2cccc(Cl)c2C1=O. The van der Waals surface area contributed by atoms with E-state index in [9.17, 15) is 9.59 Å². The monoisotopic (exact) mass is 432 g/mol. The highest BCUT2D eigenvalue weighted by atomic mass is 79.9. The molecule has 0 aliphatic heterocycles. The molecule has 2 aromatic rings. The fourth-order valence-electron chi connectivity index (χ4n) is 3.81. The lowest BCUT2D eigenvalue weighted by Crippen LogP contribution is -2.07. The van der Waals surface area contributed by atoms with Crippen molar-refractivity contribution in [3.63, 3.8) is 0 Å². The van der Waals surface area contributed by atoms with Gasteiger partial charge >= 0.3 is 0 Å². The molecule has 0 saturated carbocycles. The molecule has 4 rings (SSSR count). The van der Waals surface area contributed by atoms with E-state index in [0.29, 0.717) is 10.8 Å². The zero-order valence-corrected chi connectivity index (χ0v) is 17.4. The zero-order chi connectivity index (χ0) is 18.8. The second kappa shape index (κ2) is 8.06. The van der Waals surface area contributed by atoms with Gasteiger partial charge in [0.2, 0.25) is 0 Å². The van der Waals surface area contributed by atoms with E-state index in [-0.39, 0.29) is 17.6 Å². The highest BCUT2D eigenvalue weighted by Gasteiger charge is 2.31. The summed E-state index contributed by atoms with van der Waals surface area (Å²) in [6.45, 7) is 4.12. The van der Waals surface area contributed by atoms with Crippen LogP contribution in [0.4, 0.5) is 0 Å². The van der Waals surface area contributed by atoms with Gasteiger partial charge in [0.15, 0.2) is 11.6 Å². The lowest BCUT2D eigenvalue weighted by Gasteiger charge is -2.01. The number of hydrogen-bond donors (Lipinski definition) is 0. The molecule has 2 aliphatic carbocycles. The molecule has 0 N–H and O–H groups in total. The van der Waals surface area contributed by atoms with Crippen LogP contribution in [0.5, 0.6) is 0 Å². The average Bonchev–Trinajstić information content (AvgIpc) is 3.14. The predicted octanol–water partition coefficient (Wildman–Crippen LogP) is 6.32. The standard InChI is InChI=1S/C11H11BrO.C11H11ClO/c2*1-2-7-6-8-4-3-5-9(12)10(8)11(7)13/h2*3-5,7H,2,6H2,1H3. The number of halogens is 2. The highest BCUT2D eigenvalue weighted by Crippen LogP contribution is 2.34. The summed E-state index contributed by atoms with van der Waals surface area (Å²) in [5, 5.41) is 0.610. The molecule has 2 nitrogen and oxygen atoms in total. The first-order valence-corrected chi connectivity index (χ1v) is 10.3. The molecular weight excluding hydrogens is 412 g/mol. The summed E-state index contributed by atoms with van der Waals surface area (Å²) in [5.41, 5.74) is 3.99. The summed E-state index contributed by atoms with van der Waals surface area (Å²) in [6, 6.07) is 11.7. The molecule has 0 aromatic heterocycles. The Kier molecular flexibility index (Phi) is 5.99. The van der Waals surface area contributed by atoms with Gasteiger partial charge in [0.05, 0.1) is 5.02 Å². The third-order valence-corrected chi connectivity index (χ3v) is 6.33. The Balaban J connectivity index is 0.000000151. The fourth-order valence-corrected chi connectivity index (χ4v) is 4.70. The summed E-state index contributed by atoms with van der Waals surface area (Å²) < 4.78 is 0.950. The molecule has 2 unspecified atom stereocenters. The van der Waals surface area contributed by atoms with E-state index in [1.54, 1.807) is 6.07 Å². The molecule has 0 amide bonds. The van der Waals surface area contributed by atoms with Crippen LogP contribution in [0.3, 0.4) is 0 Å². The van der Waals surface area contributed by atoms with Crippen molar-refractivity contribution in [3.05, 3.63) is 68.1 Å². The van der Waals surface area contributed by atoms with Gasteiger partial charge < -0.3 is 0 Å². The third kappa shape index (κ3) is 3.52. The number of carbonyl (C=O) groups excluding carboxylic acids is 2. The van der Waals surface area contributed by atoms with Crippen LogP contribution in [0.25, 0.3) is 0 Å². The van der Waals surface area contributed by atoms with Crippen LogP contribution in [0.1, 0.15) is 58.5 Å². The number of hydrogen-bond acceptors (Lipinski definition) is 2.